The van der Waals surface area contributed by atoms with Crippen LogP contribution in [0.2, 0.25) is 0 Å². The molecule has 180 valence electrons. The van der Waals surface area contributed by atoms with Gasteiger partial charge in [0.05, 0.1) is 29.5 Å². The average molecular weight is 494 g/mol. The summed E-state index contributed by atoms with van der Waals surface area (Å²) in [5, 5.41) is 13.5. The SMILES string of the molecule is C[C@@H](NC(=O)c1cc2c(NC(=O)c3ccc(N4CCOCC4)cc3)[nH]nc2s1)c1ccc(F)cc1. The van der Waals surface area contributed by atoms with E-state index in [2.05, 4.69) is 25.7 Å². The number of morpholine rings is 1. The normalized spacial score (nSPS) is 14.6. The zero-order chi connectivity index (χ0) is 24.4. The number of benzene rings is 2. The first-order valence-corrected chi connectivity index (χ1v) is 12.1. The third-order valence-corrected chi connectivity index (χ3v) is 6.96. The van der Waals surface area contributed by atoms with Gasteiger partial charge in [0.15, 0.2) is 0 Å². The van der Waals surface area contributed by atoms with Gasteiger partial charge in [0.25, 0.3) is 11.8 Å². The largest absolute Gasteiger partial charge is 0.378 e. The molecule has 0 spiro atoms. The molecule has 35 heavy (non-hydrogen) atoms. The van der Waals surface area contributed by atoms with E-state index in [4.69, 9.17) is 4.74 Å². The molecule has 0 aliphatic carbocycles. The maximum Gasteiger partial charge on any atom is 0.261 e. The summed E-state index contributed by atoms with van der Waals surface area (Å²) in [7, 11) is 0. The van der Waals surface area contributed by atoms with Gasteiger partial charge >= 0.3 is 0 Å². The third kappa shape index (κ3) is 5.03. The molecule has 5 rings (SSSR count). The fraction of sp³-hybridized carbons (Fsp3) is 0.240. The number of fused-ring (bicyclic) bond motifs is 1. The van der Waals surface area contributed by atoms with Crippen LogP contribution in [0.1, 0.15) is 38.6 Å². The van der Waals surface area contributed by atoms with Crippen molar-refractivity contribution in [2.24, 2.45) is 0 Å². The number of hydrogen-bond donors (Lipinski definition) is 3. The van der Waals surface area contributed by atoms with Gasteiger partial charge in [0.2, 0.25) is 0 Å². The molecular formula is C25H24FN5O3S. The van der Waals surface area contributed by atoms with Crippen LogP contribution in [0.15, 0.2) is 54.6 Å². The lowest BCUT2D eigenvalue weighted by atomic mass is 10.1. The predicted octanol–water partition coefficient (Wildman–Crippen LogP) is 4.34. The Morgan fingerprint density at radius 2 is 1.80 bits per heavy atom. The van der Waals surface area contributed by atoms with Crippen LogP contribution >= 0.6 is 11.3 Å². The van der Waals surface area contributed by atoms with E-state index in [9.17, 15) is 14.0 Å². The van der Waals surface area contributed by atoms with Crippen molar-refractivity contribution in [3.63, 3.8) is 0 Å². The van der Waals surface area contributed by atoms with Crippen molar-refractivity contribution in [3.05, 3.63) is 76.4 Å². The fourth-order valence-electron chi connectivity index (χ4n) is 3.95. The summed E-state index contributed by atoms with van der Waals surface area (Å²) < 4.78 is 18.5. The lowest BCUT2D eigenvalue weighted by molar-refractivity contribution is 0.0943. The van der Waals surface area contributed by atoms with E-state index in [1.807, 2.05) is 19.1 Å². The summed E-state index contributed by atoms with van der Waals surface area (Å²) in [6.07, 6.45) is 0. The molecule has 0 unspecified atom stereocenters. The zero-order valence-electron chi connectivity index (χ0n) is 19.0. The highest BCUT2D eigenvalue weighted by Gasteiger charge is 2.19. The van der Waals surface area contributed by atoms with Crippen LogP contribution in [-0.2, 0) is 4.74 Å². The van der Waals surface area contributed by atoms with Crippen molar-refractivity contribution in [1.29, 1.82) is 0 Å². The molecule has 3 N–H and O–H groups in total. The molecule has 0 saturated carbocycles. The number of nitrogens with one attached hydrogen (secondary N) is 3. The van der Waals surface area contributed by atoms with Crippen molar-refractivity contribution in [2.75, 3.05) is 36.5 Å². The molecule has 4 aromatic rings. The number of nitrogens with zero attached hydrogens (tertiary/aromatic N) is 2. The topological polar surface area (TPSA) is 99.4 Å². The average Bonchev–Trinajstić information content (AvgIpc) is 3.47. The Bertz CT molecular complexity index is 1340. The molecule has 2 aromatic carbocycles. The van der Waals surface area contributed by atoms with Gasteiger partial charge in [-0.25, -0.2) is 4.39 Å². The van der Waals surface area contributed by atoms with Crippen LogP contribution in [0.4, 0.5) is 15.9 Å². The lowest BCUT2D eigenvalue weighted by Crippen LogP contribution is -2.36. The van der Waals surface area contributed by atoms with E-state index in [0.717, 1.165) is 24.3 Å². The number of aromatic amines is 1. The number of halogens is 1. The number of ether oxygens (including phenoxy) is 1. The molecule has 0 bridgehead atoms. The smallest absolute Gasteiger partial charge is 0.261 e. The number of anilines is 2. The van der Waals surface area contributed by atoms with Crippen LogP contribution in [0.5, 0.6) is 0 Å². The maximum atomic E-state index is 13.2. The van der Waals surface area contributed by atoms with Crippen LogP contribution in [0.3, 0.4) is 0 Å². The summed E-state index contributed by atoms with van der Waals surface area (Å²) in [6.45, 7) is 4.89. The summed E-state index contributed by atoms with van der Waals surface area (Å²) in [5.74, 6) is -0.426. The number of aromatic nitrogens is 2. The summed E-state index contributed by atoms with van der Waals surface area (Å²) >= 11 is 1.23. The molecule has 1 saturated heterocycles. The minimum absolute atomic E-state index is 0.263. The van der Waals surface area contributed by atoms with Crippen LogP contribution in [-0.4, -0.2) is 48.3 Å². The predicted molar refractivity (Wildman–Crippen MR) is 134 cm³/mol. The van der Waals surface area contributed by atoms with Crippen molar-refractivity contribution in [3.8, 4) is 0 Å². The Morgan fingerprint density at radius 1 is 1.09 bits per heavy atom. The molecule has 3 heterocycles. The Hall–Kier alpha value is -3.76. The van der Waals surface area contributed by atoms with Crippen LogP contribution < -0.4 is 15.5 Å². The van der Waals surface area contributed by atoms with E-state index in [0.29, 0.717) is 39.7 Å². The van der Waals surface area contributed by atoms with Gasteiger partial charge in [-0.3, -0.25) is 14.7 Å². The van der Waals surface area contributed by atoms with Crippen LogP contribution in [0, 0.1) is 5.82 Å². The number of H-pyrrole nitrogens is 1. The highest BCUT2D eigenvalue weighted by atomic mass is 32.1. The minimum atomic E-state index is -0.325. The summed E-state index contributed by atoms with van der Waals surface area (Å²) in [4.78, 5) is 28.9. The monoisotopic (exact) mass is 493 g/mol. The van der Waals surface area contributed by atoms with E-state index < -0.39 is 0 Å². The number of carbonyl (C=O) groups is 2. The molecule has 8 nitrogen and oxygen atoms in total. The van der Waals surface area contributed by atoms with Gasteiger partial charge in [0, 0.05) is 24.3 Å². The van der Waals surface area contributed by atoms with E-state index in [1.165, 1.54) is 23.5 Å². The molecule has 0 radical (unpaired) electrons. The molecular weight excluding hydrogens is 469 g/mol. The number of hydrogen-bond acceptors (Lipinski definition) is 6. The Kier molecular flexibility index (Phi) is 6.47. The summed E-state index contributed by atoms with van der Waals surface area (Å²) in [5.41, 5.74) is 2.37. The number of amides is 2. The Morgan fingerprint density at radius 3 is 2.51 bits per heavy atom. The van der Waals surface area contributed by atoms with Crippen LogP contribution in [0.25, 0.3) is 10.2 Å². The number of carbonyl (C=O) groups excluding carboxylic acids is 2. The van der Waals surface area contributed by atoms with E-state index in [1.54, 1.807) is 30.3 Å². The molecule has 10 heteroatoms. The van der Waals surface area contributed by atoms with E-state index >= 15 is 0 Å². The summed E-state index contributed by atoms with van der Waals surface area (Å²) in [6, 6.07) is 14.9. The van der Waals surface area contributed by atoms with Crippen molar-refractivity contribution in [2.45, 2.75) is 13.0 Å². The van der Waals surface area contributed by atoms with Gasteiger partial charge < -0.3 is 20.3 Å². The van der Waals surface area contributed by atoms with Gasteiger partial charge in [0.1, 0.15) is 16.5 Å². The van der Waals surface area contributed by atoms with Crippen molar-refractivity contribution < 1.29 is 18.7 Å². The minimum Gasteiger partial charge on any atom is -0.378 e. The molecule has 2 amide bonds. The maximum absolute atomic E-state index is 13.2. The van der Waals surface area contributed by atoms with Gasteiger partial charge in [-0.2, -0.15) is 5.10 Å². The lowest BCUT2D eigenvalue weighted by Gasteiger charge is -2.28. The first-order valence-electron chi connectivity index (χ1n) is 11.3. The first kappa shape index (κ1) is 23.0. The number of rotatable bonds is 6. The van der Waals surface area contributed by atoms with Gasteiger partial charge in [-0.05, 0) is 55.0 Å². The fourth-order valence-corrected chi connectivity index (χ4v) is 4.85. The second-order valence-corrected chi connectivity index (χ2v) is 9.31. The molecule has 1 aliphatic rings. The Balaban J connectivity index is 1.26. The molecule has 1 atom stereocenters. The molecule has 2 aromatic heterocycles. The highest BCUT2D eigenvalue weighted by Crippen LogP contribution is 2.30. The van der Waals surface area contributed by atoms with E-state index in [-0.39, 0.29) is 23.7 Å². The second kappa shape index (κ2) is 9.85. The molecule has 1 aliphatic heterocycles. The quantitative estimate of drug-likeness (QED) is 0.371. The van der Waals surface area contributed by atoms with Crippen molar-refractivity contribution >= 4 is 44.9 Å². The van der Waals surface area contributed by atoms with Gasteiger partial charge in [-0.1, -0.05) is 12.1 Å². The highest BCUT2D eigenvalue weighted by molar-refractivity contribution is 7.20. The zero-order valence-corrected chi connectivity index (χ0v) is 19.8. The second-order valence-electron chi connectivity index (χ2n) is 8.28. The third-order valence-electron chi connectivity index (χ3n) is 5.94. The van der Waals surface area contributed by atoms with Gasteiger partial charge in [-0.15, -0.1) is 11.3 Å². The molecule has 1 fully saturated rings. The first-order chi connectivity index (χ1) is 17.0. The number of thiophene rings is 1. The Labute approximate surface area is 205 Å². The standard InChI is InChI=1S/C25H24FN5O3S/c1-15(16-2-6-18(26)7-3-16)27-24(33)21-14-20-22(29-30-25(20)35-21)28-23(32)17-4-8-19(9-5-17)31-10-12-34-13-11-31/h2-9,14-15H,10-13H2,1H3,(H,27,33)(H2,28,29,30,32)/t15-/m1/s1. The van der Waals surface area contributed by atoms with Crippen molar-refractivity contribution in [1.82, 2.24) is 15.5 Å².